The Labute approximate surface area is 172 Å². The van der Waals surface area contributed by atoms with Gasteiger partial charge in [-0.1, -0.05) is 30.3 Å². The van der Waals surface area contributed by atoms with Crippen molar-refractivity contribution in [2.75, 3.05) is 45.7 Å². The third-order valence-corrected chi connectivity index (χ3v) is 6.92. The highest BCUT2D eigenvalue weighted by atomic mass is 32.2. The van der Waals surface area contributed by atoms with Gasteiger partial charge in [0.25, 0.3) is 0 Å². The van der Waals surface area contributed by atoms with Crippen LogP contribution < -0.4 is 10.1 Å². The summed E-state index contributed by atoms with van der Waals surface area (Å²) in [5.74, 6) is 0.233. The summed E-state index contributed by atoms with van der Waals surface area (Å²) >= 11 is 0. The van der Waals surface area contributed by atoms with E-state index in [0.717, 1.165) is 5.56 Å². The summed E-state index contributed by atoms with van der Waals surface area (Å²) < 4.78 is 32.8. The fourth-order valence-corrected chi connectivity index (χ4v) is 4.69. The van der Waals surface area contributed by atoms with Crippen LogP contribution in [0.1, 0.15) is 12.0 Å². The molecule has 3 rings (SSSR count). The van der Waals surface area contributed by atoms with Crippen molar-refractivity contribution in [3.63, 3.8) is 0 Å². The predicted octanol–water partition coefficient (Wildman–Crippen LogP) is 2.20. The summed E-state index contributed by atoms with van der Waals surface area (Å²) in [5, 5.41) is 2.80. The van der Waals surface area contributed by atoms with Gasteiger partial charge in [0.1, 0.15) is 5.75 Å². The van der Waals surface area contributed by atoms with Gasteiger partial charge in [-0.25, -0.2) is 8.42 Å². The SMILES string of the molecule is COc1ccc(S(=O)(=O)N2CCN(C)CC2)cc1NC(=O)CCc1ccccc1. The molecule has 0 spiro atoms. The number of nitrogens with zero attached hydrogens (tertiary/aromatic N) is 2. The average molecular weight is 418 g/mol. The van der Waals surface area contributed by atoms with Crippen LogP contribution in [-0.4, -0.2) is 63.9 Å². The Morgan fingerprint density at radius 1 is 1.07 bits per heavy atom. The molecule has 1 fully saturated rings. The first-order chi connectivity index (χ1) is 13.9. The minimum Gasteiger partial charge on any atom is -0.495 e. The van der Waals surface area contributed by atoms with E-state index < -0.39 is 10.0 Å². The van der Waals surface area contributed by atoms with E-state index in [1.165, 1.54) is 23.5 Å². The van der Waals surface area contributed by atoms with Crippen molar-refractivity contribution in [3.8, 4) is 5.75 Å². The number of methoxy groups -OCH3 is 1. The largest absolute Gasteiger partial charge is 0.495 e. The molecule has 0 aliphatic carbocycles. The number of likely N-dealkylation sites (N-methyl/N-ethyl adjacent to an activating group) is 1. The molecule has 8 heteroatoms. The van der Waals surface area contributed by atoms with E-state index in [-0.39, 0.29) is 10.8 Å². The Kier molecular flexibility index (Phi) is 6.89. The molecule has 1 heterocycles. The first-order valence-corrected chi connectivity index (χ1v) is 11.0. The molecule has 1 amide bonds. The van der Waals surface area contributed by atoms with Crippen LogP contribution in [0.25, 0.3) is 0 Å². The first-order valence-electron chi connectivity index (χ1n) is 9.60. The van der Waals surface area contributed by atoms with Crippen LogP contribution in [0.3, 0.4) is 0 Å². The van der Waals surface area contributed by atoms with Gasteiger partial charge < -0.3 is 15.0 Å². The average Bonchev–Trinajstić information content (AvgIpc) is 2.73. The number of aryl methyl sites for hydroxylation is 1. The highest BCUT2D eigenvalue weighted by Crippen LogP contribution is 2.29. The number of sulfonamides is 1. The van der Waals surface area contributed by atoms with Crippen LogP contribution in [0.15, 0.2) is 53.4 Å². The summed E-state index contributed by atoms with van der Waals surface area (Å²) in [4.78, 5) is 14.7. The molecule has 156 valence electrons. The predicted molar refractivity (Wildman–Crippen MR) is 113 cm³/mol. The normalized spacial score (nSPS) is 15.8. The van der Waals surface area contributed by atoms with Crippen molar-refractivity contribution >= 4 is 21.6 Å². The van der Waals surface area contributed by atoms with E-state index in [1.54, 1.807) is 6.07 Å². The molecule has 1 aliphatic rings. The molecule has 0 atom stereocenters. The molecule has 7 nitrogen and oxygen atoms in total. The van der Waals surface area contributed by atoms with Crippen LogP contribution in [0, 0.1) is 0 Å². The number of nitrogens with one attached hydrogen (secondary N) is 1. The minimum atomic E-state index is -3.62. The van der Waals surface area contributed by atoms with Crippen LogP contribution in [0.2, 0.25) is 0 Å². The Balaban J connectivity index is 1.73. The smallest absolute Gasteiger partial charge is 0.243 e. The fraction of sp³-hybridized carbons (Fsp3) is 0.381. The second-order valence-corrected chi connectivity index (χ2v) is 9.04. The first kappa shape index (κ1) is 21.3. The molecule has 0 unspecified atom stereocenters. The molecule has 0 aromatic heterocycles. The van der Waals surface area contributed by atoms with Gasteiger partial charge in [-0.2, -0.15) is 4.31 Å². The van der Waals surface area contributed by atoms with Crippen molar-refractivity contribution in [2.45, 2.75) is 17.7 Å². The maximum atomic E-state index is 13.0. The molecular weight excluding hydrogens is 390 g/mol. The Hall–Kier alpha value is -2.42. The lowest BCUT2D eigenvalue weighted by Gasteiger charge is -2.31. The van der Waals surface area contributed by atoms with E-state index in [0.29, 0.717) is 50.5 Å². The van der Waals surface area contributed by atoms with E-state index in [1.807, 2.05) is 37.4 Å². The maximum Gasteiger partial charge on any atom is 0.243 e. The zero-order chi connectivity index (χ0) is 20.9. The number of ether oxygens (including phenoxy) is 1. The molecule has 2 aromatic carbocycles. The highest BCUT2D eigenvalue weighted by Gasteiger charge is 2.28. The van der Waals surface area contributed by atoms with Crippen molar-refractivity contribution in [1.29, 1.82) is 0 Å². The summed E-state index contributed by atoms with van der Waals surface area (Å²) in [7, 11) is -0.162. The second kappa shape index (κ2) is 9.39. The molecule has 0 saturated carbocycles. The molecule has 1 aliphatic heterocycles. The van der Waals surface area contributed by atoms with Crippen LogP contribution in [-0.2, 0) is 21.2 Å². The molecule has 0 bridgehead atoms. The van der Waals surface area contributed by atoms with Gasteiger partial charge in [0, 0.05) is 32.6 Å². The van der Waals surface area contributed by atoms with Gasteiger partial charge in [-0.3, -0.25) is 4.79 Å². The third kappa shape index (κ3) is 5.35. The second-order valence-electron chi connectivity index (χ2n) is 7.10. The van der Waals surface area contributed by atoms with E-state index in [2.05, 4.69) is 10.2 Å². The molecule has 2 aromatic rings. The van der Waals surface area contributed by atoms with Crippen LogP contribution in [0.4, 0.5) is 5.69 Å². The number of amides is 1. The van der Waals surface area contributed by atoms with Gasteiger partial charge in [0.2, 0.25) is 15.9 Å². The summed E-state index contributed by atoms with van der Waals surface area (Å²) in [6, 6.07) is 14.3. The molecular formula is C21H27N3O4S. The minimum absolute atomic E-state index is 0.154. The van der Waals surface area contributed by atoms with Gasteiger partial charge in [0.15, 0.2) is 0 Å². The molecule has 0 radical (unpaired) electrons. The monoisotopic (exact) mass is 417 g/mol. The lowest BCUT2D eigenvalue weighted by molar-refractivity contribution is -0.116. The zero-order valence-electron chi connectivity index (χ0n) is 16.8. The molecule has 29 heavy (non-hydrogen) atoms. The zero-order valence-corrected chi connectivity index (χ0v) is 17.6. The number of benzene rings is 2. The summed E-state index contributed by atoms with van der Waals surface area (Å²) in [5.41, 5.74) is 1.43. The third-order valence-electron chi connectivity index (χ3n) is 5.03. The van der Waals surface area contributed by atoms with Crippen molar-refractivity contribution in [3.05, 3.63) is 54.1 Å². The summed E-state index contributed by atoms with van der Waals surface area (Å²) in [6.07, 6.45) is 0.900. The quantitative estimate of drug-likeness (QED) is 0.747. The number of carbonyl (C=O) groups is 1. The topological polar surface area (TPSA) is 79.0 Å². The molecule has 1 N–H and O–H groups in total. The van der Waals surface area contributed by atoms with Crippen LogP contribution in [0.5, 0.6) is 5.75 Å². The Bertz CT molecular complexity index is 940. The van der Waals surface area contributed by atoms with E-state index in [9.17, 15) is 13.2 Å². The fourth-order valence-electron chi connectivity index (χ4n) is 3.24. The maximum absolute atomic E-state index is 13.0. The molecule has 1 saturated heterocycles. The lowest BCUT2D eigenvalue weighted by Crippen LogP contribution is -2.47. The van der Waals surface area contributed by atoms with Crippen molar-refractivity contribution in [1.82, 2.24) is 9.21 Å². The van der Waals surface area contributed by atoms with E-state index in [4.69, 9.17) is 4.74 Å². The number of carbonyl (C=O) groups excluding carboxylic acids is 1. The van der Waals surface area contributed by atoms with Crippen LogP contribution >= 0.6 is 0 Å². The number of hydrogen-bond acceptors (Lipinski definition) is 5. The number of hydrogen-bond donors (Lipinski definition) is 1. The van der Waals surface area contributed by atoms with Gasteiger partial charge in [-0.05, 0) is 37.2 Å². The number of anilines is 1. The highest BCUT2D eigenvalue weighted by molar-refractivity contribution is 7.89. The summed E-state index contributed by atoms with van der Waals surface area (Å²) in [6.45, 7) is 2.28. The van der Waals surface area contributed by atoms with Gasteiger partial charge >= 0.3 is 0 Å². The van der Waals surface area contributed by atoms with Crippen molar-refractivity contribution in [2.24, 2.45) is 0 Å². The number of rotatable bonds is 7. The van der Waals surface area contributed by atoms with E-state index >= 15 is 0 Å². The van der Waals surface area contributed by atoms with Gasteiger partial charge in [-0.15, -0.1) is 0 Å². The lowest BCUT2D eigenvalue weighted by atomic mass is 10.1. The standard InChI is InChI=1S/C21H27N3O4S/c1-23-12-14-24(15-13-23)29(26,27)18-9-10-20(28-2)19(16-18)22-21(25)11-8-17-6-4-3-5-7-17/h3-7,9-10,16H,8,11-15H2,1-2H3,(H,22,25). The Morgan fingerprint density at radius 3 is 2.41 bits per heavy atom. The Morgan fingerprint density at radius 2 is 1.76 bits per heavy atom. The van der Waals surface area contributed by atoms with Crippen molar-refractivity contribution < 1.29 is 17.9 Å². The van der Waals surface area contributed by atoms with Gasteiger partial charge in [0.05, 0.1) is 17.7 Å². The number of piperazine rings is 1.